The average Bonchev–Trinajstić information content (AvgIpc) is 3.43. The Balaban J connectivity index is 1.82. The van der Waals surface area contributed by atoms with Gasteiger partial charge in [0.05, 0.1) is 0 Å². The van der Waals surface area contributed by atoms with Crippen LogP contribution in [0.3, 0.4) is 0 Å². The van der Waals surface area contributed by atoms with Gasteiger partial charge >= 0.3 is 0 Å². The van der Waals surface area contributed by atoms with E-state index in [9.17, 15) is 0 Å². The zero-order valence-corrected chi connectivity index (χ0v) is 25.4. The molecule has 4 heterocycles. The van der Waals surface area contributed by atoms with E-state index in [4.69, 9.17) is 0 Å². The fraction of sp³-hybridized carbons (Fsp3) is 0.357. The molecule has 0 radical (unpaired) electrons. The summed E-state index contributed by atoms with van der Waals surface area (Å²) in [5.41, 5.74) is 5.98. The van der Waals surface area contributed by atoms with Crippen molar-refractivity contribution in [1.82, 2.24) is 5.32 Å². The molecule has 0 unspecified atom stereocenters. The SMILES string of the molecule is CNCc1cc2c3c(c(N(C)C)cc2c2c1-c1sc(C)cc1[Si]2(C)C)-c1sc(C)cc1[Si]3(C)C. The van der Waals surface area contributed by atoms with Crippen molar-refractivity contribution >= 4 is 76.0 Å². The smallest absolute Gasteiger partial charge is 0.115 e. The van der Waals surface area contributed by atoms with Crippen molar-refractivity contribution in [2.75, 3.05) is 26.0 Å². The third-order valence-corrected chi connectivity index (χ3v) is 17.6. The van der Waals surface area contributed by atoms with Crippen molar-refractivity contribution in [3.8, 4) is 20.9 Å². The van der Waals surface area contributed by atoms with Crippen molar-refractivity contribution in [3.63, 3.8) is 0 Å². The number of nitrogens with zero attached hydrogens (tertiary/aromatic N) is 1. The highest BCUT2D eigenvalue weighted by molar-refractivity contribution is 7.22. The number of thiophene rings is 2. The summed E-state index contributed by atoms with van der Waals surface area (Å²) >= 11 is 4.01. The van der Waals surface area contributed by atoms with E-state index in [1.807, 2.05) is 22.7 Å². The molecule has 1 N–H and O–H groups in total. The Morgan fingerprint density at radius 2 is 1.26 bits per heavy atom. The summed E-state index contributed by atoms with van der Waals surface area (Å²) in [6, 6.07) is 10.1. The maximum absolute atomic E-state index is 3.51. The maximum atomic E-state index is 3.51. The summed E-state index contributed by atoms with van der Waals surface area (Å²) in [6.45, 7) is 15.8. The Labute approximate surface area is 213 Å². The lowest BCUT2D eigenvalue weighted by Gasteiger charge is -2.28. The van der Waals surface area contributed by atoms with Crippen molar-refractivity contribution in [2.24, 2.45) is 0 Å². The van der Waals surface area contributed by atoms with Crippen LogP contribution in [0, 0.1) is 13.8 Å². The second-order valence-corrected chi connectivity index (χ2v) is 22.5. The first-order valence-corrected chi connectivity index (χ1v) is 19.8. The highest BCUT2D eigenvalue weighted by Gasteiger charge is 2.46. The number of nitrogens with one attached hydrogen (secondary N) is 1. The number of rotatable bonds is 3. The number of hydrogen-bond acceptors (Lipinski definition) is 4. The van der Waals surface area contributed by atoms with Crippen LogP contribution in [0.4, 0.5) is 5.69 Å². The third-order valence-electron chi connectivity index (χ3n) is 8.12. The predicted molar refractivity (Wildman–Crippen MR) is 161 cm³/mol. The molecule has 2 nitrogen and oxygen atoms in total. The second kappa shape index (κ2) is 7.17. The minimum absolute atomic E-state index is 0.923. The number of fused-ring (bicyclic) bond motifs is 9. The third kappa shape index (κ3) is 2.75. The zero-order chi connectivity index (χ0) is 24.3. The standard InChI is InChI=1S/C28H34N2S2Si2/c1-15-10-21-25(31-15)23-17(14-29-3)12-18-19(27(23)33(21,6)7)13-20(30(4)5)24-26-22(11-16(2)32-26)34(8,9)28(18)24/h10-13,29H,14H2,1-9H3. The molecule has 0 saturated heterocycles. The van der Waals surface area contributed by atoms with E-state index in [-0.39, 0.29) is 0 Å². The molecule has 6 rings (SSSR count). The lowest BCUT2D eigenvalue weighted by atomic mass is 9.96. The highest BCUT2D eigenvalue weighted by atomic mass is 32.1. The molecule has 0 spiro atoms. The Morgan fingerprint density at radius 1 is 0.765 bits per heavy atom. The lowest BCUT2D eigenvalue weighted by Crippen LogP contribution is -2.51. The number of benzene rings is 2. The van der Waals surface area contributed by atoms with Gasteiger partial charge in [-0.05, 0) is 87.8 Å². The first-order chi connectivity index (χ1) is 16.0. The molecule has 2 aliphatic rings. The summed E-state index contributed by atoms with van der Waals surface area (Å²) < 4.78 is 0. The molecule has 0 fully saturated rings. The molecule has 2 aromatic heterocycles. The van der Waals surface area contributed by atoms with Crippen molar-refractivity contribution in [1.29, 1.82) is 0 Å². The first-order valence-electron chi connectivity index (χ1n) is 12.2. The Morgan fingerprint density at radius 3 is 1.79 bits per heavy atom. The van der Waals surface area contributed by atoms with Crippen LogP contribution in [0.25, 0.3) is 31.7 Å². The van der Waals surface area contributed by atoms with E-state index in [1.165, 1.54) is 42.2 Å². The fourth-order valence-electron chi connectivity index (χ4n) is 6.65. The van der Waals surface area contributed by atoms with Gasteiger partial charge in [0, 0.05) is 51.4 Å². The molecule has 0 saturated carbocycles. The van der Waals surface area contributed by atoms with Gasteiger partial charge in [0.2, 0.25) is 0 Å². The van der Waals surface area contributed by atoms with Gasteiger partial charge < -0.3 is 10.2 Å². The molecule has 2 aliphatic heterocycles. The molecule has 4 aromatic rings. The van der Waals surface area contributed by atoms with Crippen LogP contribution in [-0.2, 0) is 6.54 Å². The molecule has 176 valence electrons. The van der Waals surface area contributed by atoms with Gasteiger partial charge in [-0.2, -0.15) is 0 Å². The fourth-order valence-corrected chi connectivity index (χ4v) is 17.5. The van der Waals surface area contributed by atoms with Crippen LogP contribution in [-0.4, -0.2) is 37.3 Å². The Kier molecular flexibility index (Phi) is 4.79. The normalized spacial score (nSPS) is 16.5. The van der Waals surface area contributed by atoms with Crippen LogP contribution in [0.15, 0.2) is 24.3 Å². The van der Waals surface area contributed by atoms with Crippen molar-refractivity contribution < 1.29 is 0 Å². The van der Waals surface area contributed by atoms with Crippen molar-refractivity contribution in [3.05, 3.63) is 39.6 Å². The van der Waals surface area contributed by atoms with Gasteiger partial charge in [-0.15, -0.1) is 22.7 Å². The van der Waals surface area contributed by atoms with Crippen LogP contribution in [0.1, 0.15) is 15.3 Å². The number of aryl methyl sites for hydroxylation is 2. The summed E-state index contributed by atoms with van der Waals surface area (Å²) in [4.78, 5) is 8.35. The van der Waals surface area contributed by atoms with Gasteiger partial charge in [0.15, 0.2) is 0 Å². The summed E-state index contributed by atoms with van der Waals surface area (Å²) in [7, 11) is 2.92. The Bertz CT molecular complexity index is 1520. The molecule has 0 atom stereocenters. The largest absolute Gasteiger partial charge is 0.377 e. The quantitative estimate of drug-likeness (QED) is 0.385. The first kappa shape index (κ1) is 22.7. The van der Waals surface area contributed by atoms with E-state index < -0.39 is 16.1 Å². The van der Waals surface area contributed by atoms with E-state index in [1.54, 1.807) is 31.2 Å². The molecule has 0 aliphatic carbocycles. The topological polar surface area (TPSA) is 15.3 Å². The van der Waals surface area contributed by atoms with E-state index in [2.05, 4.69) is 95.7 Å². The van der Waals surface area contributed by atoms with Gasteiger partial charge in [-0.3, -0.25) is 0 Å². The predicted octanol–water partition coefficient (Wildman–Crippen LogP) is 4.97. The minimum Gasteiger partial charge on any atom is -0.377 e. The molecule has 2 aromatic carbocycles. The second-order valence-electron chi connectivity index (χ2n) is 11.4. The molecule has 6 heteroatoms. The molecular weight excluding hydrogens is 485 g/mol. The van der Waals surface area contributed by atoms with Crippen LogP contribution in [0.2, 0.25) is 26.2 Å². The van der Waals surface area contributed by atoms with Crippen LogP contribution >= 0.6 is 22.7 Å². The average molecular weight is 519 g/mol. The molecule has 0 bridgehead atoms. The van der Waals surface area contributed by atoms with Gasteiger partial charge in [0.1, 0.15) is 16.1 Å². The van der Waals surface area contributed by atoms with E-state index in [0.29, 0.717) is 0 Å². The minimum atomic E-state index is -1.82. The zero-order valence-electron chi connectivity index (χ0n) is 21.8. The van der Waals surface area contributed by atoms with Gasteiger partial charge in [-0.1, -0.05) is 26.2 Å². The summed E-state index contributed by atoms with van der Waals surface area (Å²) in [5, 5.41) is 13.2. The Hall–Kier alpha value is -1.71. The number of hydrogen-bond donors (Lipinski definition) is 1. The van der Waals surface area contributed by atoms with Gasteiger partial charge in [0.25, 0.3) is 0 Å². The maximum Gasteiger partial charge on any atom is 0.115 e. The summed E-state index contributed by atoms with van der Waals surface area (Å²) in [6.07, 6.45) is 0. The lowest BCUT2D eigenvalue weighted by molar-refractivity contribution is 0.821. The number of anilines is 1. The van der Waals surface area contributed by atoms with Crippen LogP contribution < -0.4 is 31.0 Å². The highest BCUT2D eigenvalue weighted by Crippen LogP contribution is 2.45. The molecule has 34 heavy (non-hydrogen) atoms. The van der Waals surface area contributed by atoms with Gasteiger partial charge in [-0.25, -0.2) is 0 Å². The van der Waals surface area contributed by atoms with E-state index in [0.717, 1.165) is 6.54 Å². The van der Waals surface area contributed by atoms with Crippen molar-refractivity contribution in [2.45, 2.75) is 46.6 Å². The molecular formula is C28H34N2S2Si2. The van der Waals surface area contributed by atoms with E-state index >= 15 is 0 Å². The molecule has 0 amide bonds. The van der Waals surface area contributed by atoms with Crippen LogP contribution in [0.5, 0.6) is 0 Å². The summed E-state index contributed by atoms with van der Waals surface area (Å²) in [5.74, 6) is 0. The monoisotopic (exact) mass is 518 g/mol.